The molecule has 2 atom stereocenters. The van der Waals surface area contributed by atoms with E-state index >= 15 is 0 Å². The van der Waals surface area contributed by atoms with Crippen molar-refractivity contribution in [2.24, 2.45) is 0 Å². The Balaban J connectivity index is 2.26. The van der Waals surface area contributed by atoms with Crippen LogP contribution in [0.5, 0.6) is 5.75 Å². The van der Waals surface area contributed by atoms with Gasteiger partial charge in [-0.05, 0) is 37.4 Å². The first kappa shape index (κ1) is 15.4. The first-order chi connectivity index (χ1) is 9.52. The Labute approximate surface area is 128 Å². The fourth-order valence-electron chi connectivity index (χ4n) is 2.74. The number of nitrogens with one attached hydrogen (secondary N) is 1. The van der Waals surface area contributed by atoms with Crippen LogP contribution in [0.25, 0.3) is 0 Å². The van der Waals surface area contributed by atoms with Crippen LogP contribution >= 0.6 is 23.2 Å². The van der Waals surface area contributed by atoms with Crippen molar-refractivity contribution in [2.75, 3.05) is 13.7 Å². The van der Waals surface area contributed by atoms with Crippen molar-refractivity contribution >= 4 is 29.2 Å². The van der Waals surface area contributed by atoms with Gasteiger partial charge in [0, 0.05) is 11.6 Å². The van der Waals surface area contributed by atoms with Crippen LogP contribution in [0.3, 0.4) is 0 Å². The number of carbonyl (C=O) groups is 1. The number of aliphatic carboxylic acids is 1. The highest BCUT2D eigenvalue weighted by atomic mass is 35.5. The third-order valence-corrected chi connectivity index (χ3v) is 4.46. The Morgan fingerprint density at radius 3 is 2.90 bits per heavy atom. The van der Waals surface area contributed by atoms with Crippen LogP contribution in [-0.2, 0) is 4.79 Å². The van der Waals surface area contributed by atoms with Crippen molar-refractivity contribution in [1.82, 2.24) is 5.32 Å². The molecule has 0 saturated carbocycles. The van der Waals surface area contributed by atoms with E-state index in [9.17, 15) is 4.79 Å². The topological polar surface area (TPSA) is 58.6 Å². The lowest BCUT2D eigenvalue weighted by atomic mass is 9.85. The number of rotatable bonds is 4. The monoisotopic (exact) mass is 317 g/mol. The maximum atomic E-state index is 10.8. The quantitative estimate of drug-likeness (QED) is 0.894. The number of benzene rings is 1. The van der Waals surface area contributed by atoms with Gasteiger partial charge in [0.15, 0.2) is 0 Å². The summed E-state index contributed by atoms with van der Waals surface area (Å²) in [5.74, 6) is 0.0643. The van der Waals surface area contributed by atoms with Crippen LogP contribution in [-0.4, -0.2) is 30.8 Å². The molecule has 20 heavy (non-hydrogen) atoms. The van der Waals surface area contributed by atoms with Gasteiger partial charge in [0.05, 0.1) is 23.6 Å². The van der Waals surface area contributed by atoms with Crippen molar-refractivity contribution in [3.8, 4) is 5.75 Å². The van der Waals surface area contributed by atoms with E-state index < -0.39 is 5.97 Å². The van der Waals surface area contributed by atoms with E-state index in [4.69, 9.17) is 33.0 Å². The van der Waals surface area contributed by atoms with Crippen LogP contribution in [0.2, 0.25) is 10.0 Å². The predicted octanol–water partition coefficient (Wildman–Crippen LogP) is 3.31. The summed E-state index contributed by atoms with van der Waals surface area (Å²) in [7, 11) is 1.60. The van der Waals surface area contributed by atoms with Gasteiger partial charge in [0.25, 0.3) is 0 Å². The van der Waals surface area contributed by atoms with E-state index in [0.717, 1.165) is 18.5 Å². The zero-order valence-electron chi connectivity index (χ0n) is 11.2. The zero-order chi connectivity index (χ0) is 14.7. The molecule has 0 amide bonds. The average Bonchev–Trinajstić information content (AvgIpc) is 2.41. The van der Waals surface area contributed by atoms with Crippen molar-refractivity contribution in [3.05, 3.63) is 27.7 Å². The van der Waals surface area contributed by atoms with Crippen LogP contribution < -0.4 is 10.1 Å². The molecule has 1 saturated heterocycles. The van der Waals surface area contributed by atoms with Crippen LogP contribution in [0.4, 0.5) is 0 Å². The molecule has 0 aliphatic carbocycles. The zero-order valence-corrected chi connectivity index (χ0v) is 12.7. The summed E-state index contributed by atoms with van der Waals surface area (Å²) in [5, 5.41) is 13.1. The molecule has 1 aliphatic heterocycles. The Morgan fingerprint density at radius 1 is 1.50 bits per heavy atom. The molecule has 1 aromatic carbocycles. The van der Waals surface area contributed by atoms with Gasteiger partial charge in [0.1, 0.15) is 5.75 Å². The molecule has 0 spiro atoms. The second-order valence-electron chi connectivity index (χ2n) is 4.95. The molecule has 110 valence electrons. The maximum Gasteiger partial charge on any atom is 0.304 e. The lowest BCUT2D eigenvalue weighted by molar-refractivity contribution is -0.137. The third-order valence-electron chi connectivity index (χ3n) is 3.64. The average molecular weight is 318 g/mol. The fourth-order valence-corrected chi connectivity index (χ4v) is 3.22. The van der Waals surface area contributed by atoms with E-state index in [1.165, 1.54) is 0 Å². The highest BCUT2D eigenvalue weighted by Gasteiger charge is 2.28. The highest BCUT2D eigenvalue weighted by Crippen LogP contribution is 2.42. The molecule has 1 aliphatic rings. The SMILES string of the molecule is COc1ccc(Cl)c(Cl)c1C1CCNC(CC(=O)O)C1. The molecule has 4 nitrogen and oxygen atoms in total. The first-order valence-electron chi connectivity index (χ1n) is 6.50. The van der Waals surface area contributed by atoms with Crippen LogP contribution in [0.15, 0.2) is 12.1 Å². The smallest absolute Gasteiger partial charge is 0.304 e. The van der Waals surface area contributed by atoms with Gasteiger partial charge in [0.2, 0.25) is 0 Å². The molecule has 1 aromatic rings. The van der Waals surface area contributed by atoms with Crippen LogP contribution in [0.1, 0.15) is 30.7 Å². The minimum absolute atomic E-state index is 0.0500. The van der Waals surface area contributed by atoms with Gasteiger partial charge < -0.3 is 15.2 Å². The van der Waals surface area contributed by atoms with Gasteiger partial charge in [-0.3, -0.25) is 4.79 Å². The Hall–Kier alpha value is -0.970. The van der Waals surface area contributed by atoms with E-state index in [-0.39, 0.29) is 18.4 Å². The minimum atomic E-state index is -0.799. The third kappa shape index (κ3) is 3.37. The number of hydrogen-bond donors (Lipinski definition) is 2. The number of hydrogen-bond acceptors (Lipinski definition) is 3. The number of ether oxygens (including phenoxy) is 1. The largest absolute Gasteiger partial charge is 0.496 e. The second-order valence-corrected chi connectivity index (χ2v) is 5.73. The van der Waals surface area contributed by atoms with Gasteiger partial charge in [-0.15, -0.1) is 0 Å². The van der Waals surface area contributed by atoms with Gasteiger partial charge in [-0.1, -0.05) is 23.2 Å². The number of piperidine rings is 1. The molecule has 1 heterocycles. The molecule has 0 aromatic heterocycles. The summed E-state index contributed by atoms with van der Waals surface area (Å²) in [6, 6.07) is 3.46. The van der Waals surface area contributed by atoms with E-state index in [1.54, 1.807) is 19.2 Å². The molecule has 0 bridgehead atoms. The standard InChI is InChI=1S/C14H17Cl2NO3/c1-20-11-3-2-10(15)14(16)13(11)8-4-5-17-9(6-8)7-12(18)19/h2-3,8-9,17H,4-7H2,1H3,(H,18,19). The number of halogens is 2. The van der Waals surface area contributed by atoms with Crippen molar-refractivity contribution < 1.29 is 14.6 Å². The summed E-state index contributed by atoms with van der Waals surface area (Å²) in [5.41, 5.74) is 0.888. The number of carboxylic acid groups (broad SMARTS) is 1. The molecule has 2 N–H and O–H groups in total. The summed E-state index contributed by atoms with van der Waals surface area (Å²) in [4.78, 5) is 10.8. The summed E-state index contributed by atoms with van der Waals surface area (Å²) < 4.78 is 5.37. The minimum Gasteiger partial charge on any atom is -0.496 e. The second kappa shape index (κ2) is 6.66. The normalized spacial score (nSPS) is 22.6. The van der Waals surface area contributed by atoms with E-state index in [0.29, 0.717) is 22.2 Å². The molecular formula is C14H17Cl2NO3. The maximum absolute atomic E-state index is 10.8. The molecule has 0 radical (unpaired) electrons. The molecular weight excluding hydrogens is 301 g/mol. The molecule has 2 unspecified atom stereocenters. The first-order valence-corrected chi connectivity index (χ1v) is 7.25. The lowest BCUT2D eigenvalue weighted by Gasteiger charge is -2.31. The number of methoxy groups -OCH3 is 1. The summed E-state index contributed by atoms with van der Waals surface area (Å²) in [6.07, 6.45) is 1.70. The lowest BCUT2D eigenvalue weighted by Crippen LogP contribution is -2.38. The molecule has 6 heteroatoms. The van der Waals surface area contributed by atoms with Crippen molar-refractivity contribution in [3.63, 3.8) is 0 Å². The Morgan fingerprint density at radius 2 is 2.25 bits per heavy atom. The number of carboxylic acids is 1. The van der Waals surface area contributed by atoms with Gasteiger partial charge in [-0.25, -0.2) is 0 Å². The van der Waals surface area contributed by atoms with Gasteiger partial charge in [-0.2, -0.15) is 0 Å². The van der Waals surface area contributed by atoms with E-state index in [2.05, 4.69) is 5.32 Å². The summed E-state index contributed by atoms with van der Waals surface area (Å²) in [6.45, 7) is 0.759. The van der Waals surface area contributed by atoms with Crippen molar-refractivity contribution in [2.45, 2.75) is 31.2 Å². The summed E-state index contributed by atoms with van der Waals surface area (Å²) >= 11 is 12.4. The predicted molar refractivity (Wildman–Crippen MR) is 79.0 cm³/mol. The molecule has 2 rings (SSSR count). The van der Waals surface area contributed by atoms with Gasteiger partial charge >= 0.3 is 5.97 Å². The Bertz CT molecular complexity index is 507. The molecule has 1 fully saturated rings. The Kier molecular flexibility index (Phi) is 5.13. The van der Waals surface area contributed by atoms with Crippen molar-refractivity contribution in [1.29, 1.82) is 0 Å². The fraction of sp³-hybridized carbons (Fsp3) is 0.500. The highest BCUT2D eigenvalue weighted by molar-refractivity contribution is 6.42. The van der Waals surface area contributed by atoms with E-state index in [1.807, 2.05) is 0 Å². The van der Waals surface area contributed by atoms with Crippen LogP contribution in [0, 0.1) is 0 Å².